The highest BCUT2D eigenvalue weighted by atomic mass is 19.4. The summed E-state index contributed by atoms with van der Waals surface area (Å²) >= 11 is 0. The molecule has 0 heterocycles. The Morgan fingerprint density at radius 3 is 2.53 bits per heavy atom. The molecule has 0 saturated heterocycles. The van der Waals surface area contributed by atoms with Crippen molar-refractivity contribution in [1.29, 1.82) is 0 Å². The first-order chi connectivity index (χ1) is 8.90. The summed E-state index contributed by atoms with van der Waals surface area (Å²) in [6.45, 7) is 1.85. The van der Waals surface area contributed by atoms with Crippen molar-refractivity contribution < 1.29 is 22.7 Å². The van der Waals surface area contributed by atoms with Crippen LogP contribution in [0.4, 0.5) is 13.2 Å². The van der Waals surface area contributed by atoms with Gasteiger partial charge in [-0.3, -0.25) is 4.79 Å². The first-order valence-electron chi connectivity index (χ1n) is 5.89. The summed E-state index contributed by atoms with van der Waals surface area (Å²) in [4.78, 5) is 11.4. The van der Waals surface area contributed by atoms with E-state index in [1.165, 1.54) is 25.2 Å². The first-order valence-corrected chi connectivity index (χ1v) is 5.89. The van der Waals surface area contributed by atoms with Gasteiger partial charge in [0.1, 0.15) is 0 Å². The molecule has 6 heteroatoms. The maximum Gasteiger partial charge on any atom is 0.416 e. The van der Waals surface area contributed by atoms with Crippen molar-refractivity contribution in [2.75, 3.05) is 13.7 Å². The molecule has 0 aliphatic rings. The minimum atomic E-state index is -4.44. The molecule has 0 amide bonds. The lowest BCUT2D eigenvalue weighted by molar-refractivity contribution is -0.145. The molecule has 1 aromatic rings. The predicted molar refractivity (Wildman–Crippen MR) is 64.5 cm³/mol. The minimum absolute atomic E-state index is 0.0468. The fraction of sp³-hybridized carbons (Fsp3) is 0.462. The minimum Gasteiger partial charge on any atom is -0.466 e. The number of carbonyl (C=O) groups is 1. The lowest BCUT2D eigenvalue weighted by Crippen LogP contribution is -2.24. The molecule has 0 fully saturated rings. The number of halogens is 3. The van der Waals surface area contributed by atoms with Crippen molar-refractivity contribution in [3.63, 3.8) is 0 Å². The third kappa shape index (κ3) is 4.24. The van der Waals surface area contributed by atoms with Crippen molar-refractivity contribution in [3.8, 4) is 0 Å². The summed E-state index contributed by atoms with van der Waals surface area (Å²) in [5.41, 5.74) is -0.691. The predicted octanol–water partition coefficient (Wildman–Crippen LogP) is 2.92. The number of alkyl halides is 3. The third-order valence-electron chi connectivity index (χ3n) is 2.67. The highest BCUT2D eigenvalue weighted by Crippen LogP contribution is 2.35. The number of hydrogen-bond acceptors (Lipinski definition) is 3. The molecule has 3 nitrogen and oxygen atoms in total. The van der Waals surface area contributed by atoms with E-state index in [4.69, 9.17) is 4.74 Å². The molecule has 1 N–H and O–H groups in total. The molecule has 1 aromatic carbocycles. The topological polar surface area (TPSA) is 38.3 Å². The molecule has 0 radical (unpaired) electrons. The van der Waals surface area contributed by atoms with Gasteiger partial charge in [-0.25, -0.2) is 0 Å². The Kier molecular flexibility index (Phi) is 5.35. The van der Waals surface area contributed by atoms with Gasteiger partial charge in [0.25, 0.3) is 0 Å². The number of rotatable bonds is 5. The molecule has 1 atom stereocenters. The van der Waals surface area contributed by atoms with Crippen LogP contribution in [0.15, 0.2) is 24.3 Å². The Morgan fingerprint density at radius 1 is 1.37 bits per heavy atom. The van der Waals surface area contributed by atoms with E-state index < -0.39 is 23.8 Å². The van der Waals surface area contributed by atoms with E-state index in [2.05, 4.69) is 5.32 Å². The van der Waals surface area contributed by atoms with Gasteiger partial charge in [0, 0.05) is 6.04 Å². The smallest absolute Gasteiger partial charge is 0.416 e. The molecule has 0 spiro atoms. The molecule has 0 bridgehead atoms. The average Bonchev–Trinajstić information content (AvgIpc) is 2.35. The van der Waals surface area contributed by atoms with Gasteiger partial charge < -0.3 is 10.1 Å². The molecule has 0 aliphatic carbocycles. The van der Waals surface area contributed by atoms with E-state index in [-0.39, 0.29) is 18.6 Å². The van der Waals surface area contributed by atoms with E-state index in [0.29, 0.717) is 0 Å². The monoisotopic (exact) mass is 275 g/mol. The van der Waals surface area contributed by atoms with Gasteiger partial charge in [-0.15, -0.1) is 0 Å². The summed E-state index contributed by atoms with van der Waals surface area (Å²) in [6, 6.07) is 4.48. The number of esters is 1. The normalized spacial score (nSPS) is 13.1. The molecule has 0 aromatic heterocycles. The van der Waals surface area contributed by atoms with E-state index in [1.54, 1.807) is 6.92 Å². The number of hydrogen-bond donors (Lipinski definition) is 1. The quantitative estimate of drug-likeness (QED) is 0.840. The van der Waals surface area contributed by atoms with Crippen molar-refractivity contribution in [2.24, 2.45) is 0 Å². The number of nitrogens with one attached hydrogen (secondary N) is 1. The number of carbonyl (C=O) groups excluding carboxylic acids is 1. The standard InChI is InChI=1S/C13H16F3NO2/c1-3-19-12(18)8-11(17-2)9-6-4-5-7-10(9)13(14,15)16/h4-7,11,17H,3,8H2,1-2H3. The van der Waals surface area contributed by atoms with Gasteiger partial charge in [0.15, 0.2) is 0 Å². The zero-order chi connectivity index (χ0) is 14.5. The molecule has 0 aliphatic heterocycles. The summed E-state index contributed by atoms with van der Waals surface area (Å²) in [6.07, 6.45) is -4.59. The molecule has 106 valence electrons. The third-order valence-corrected chi connectivity index (χ3v) is 2.67. The van der Waals surface area contributed by atoms with Gasteiger partial charge >= 0.3 is 12.1 Å². The molecule has 19 heavy (non-hydrogen) atoms. The summed E-state index contributed by atoms with van der Waals surface area (Å²) < 4.78 is 43.4. The second-order valence-electron chi connectivity index (χ2n) is 3.94. The van der Waals surface area contributed by atoms with Crippen LogP contribution < -0.4 is 5.32 Å². The van der Waals surface area contributed by atoms with Crippen LogP contribution in [0.1, 0.15) is 30.5 Å². The largest absolute Gasteiger partial charge is 0.466 e. The maximum atomic E-state index is 12.9. The van der Waals surface area contributed by atoms with Crippen LogP contribution in [0, 0.1) is 0 Å². The molecule has 0 saturated carbocycles. The maximum absolute atomic E-state index is 12.9. The fourth-order valence-corrected chi connectivity index (χ4v) is 1.81. The average molecular weight is 275 g/mol. The van der Waals surface area contributed by atoms with Crippen LogP contribution >= 0.6 is 0 Å². The van der Waals surface area contributed by atoms with E-state index >= 15 is 0 Å². The van der Waals surface area contributed by atoms with Crippen LogP contribution in [0.2, 0.25) is 0 Å². The SMILES string of the molecule is CCOC(=O)CC(NC)c1ccccc1C(F)(F)F. The zero-order valence-electron chi connectivity index (χ0n) is 10.8. The lowest BCUT2D eigenvalue weighted by Gasteiger charge is -2.20. The van der Waals surface area contributed by atoms with E-state index in [9.17, 15) is 18.0 Å². The molecule has 1 rings (SSSR count). The highest BCUT2D eigenvalue weighted by molar-refractivity contribution is 5.70. The Labute approximate surface area is 109 Å². The Morgan fingerprint density at radius 2 is 2.00 bits per heavy atom. The van der Waals surface area contributed by atoms with Crippen LogP contribution in [-0.2, 0) is 15.7 Å². The second kappa shape index (κ2) is 6.56. The van der Waals surface area contributed by atoms with Crippen molar-refractivity contribution in [1.82, 2.24) is 5.32 Å². The van der Waals surface area contributed by atoms with Crippen molar-refractivity contribution in [3.05, 3.63) is 35.4 Å². The Balaban J connectivity index is 3.02. The van der Waals surface area contributed by atoms with E-state index in [1.807, 2.05) is 0 Å². The highest BCUT2D eigenvalue weighted by Gasteiger charge is 2.35. The Bertz CT molecular complexity index is 432. The number of benzene rings is 1. The van der Waals surface area contributed by atoms with Crippen molar-refractivity contribution >= 4 is 5.97 Å². The summed E-state index contributed by atoms with van der Waals surface area (Å²) in [5.74, 6) is -0.529. The van der Waals surface area contributed by atoms with Crippen LogP contribution in [0.5, 0.6) is 0 Å². The molecular weight excluding hydrogens is 259 g/mol. The first kappa shape index (κ1) is 15.5. The summed E-state index contributed by atoms with van der Waals surface area (Å²) in [7, 11) is 1.51. The van der Waals surface area contributed by atoms with Gasteiger partial charge in [0.05, 0.1) is 18.6 Å². The Hall–Kier alpha value is -1.56. The van der Waals surface area contributed by atoms with Crippen LogP contribution in [0.3, 0.4) is 0 Å². The number of ether oxygens (including phenoxy) is 1. The zero-order valence-corrected chi connectivity index (χ0v) is 10.8. The van der Waals surface area contributed by atoms with Gasteiger partial charge in [-0.1, -0.05) is 18.2 Å². The lowest BCUT2D eigenvalue weighted by atomic mass is 9.97. The molecular formula is C13H16F3NO2. The van der Waals surface area contributed by atoms with Crippen molar-refractivity contribution in [2.45, 2.75) is 25.6 Å². The second-order valence-corrected chi connectivity index (χ2v) is 3.94. The fourth-order valence-electron chi connectivity index (χ4n) is 1.81. The van der Waals surface area contributed by atoms with E-state index in [0.717, 1.165) is 6.07 Å². The summed E-state index contributed by atoms with van der Waals surface area (Å²) in [5, 5.41) is 2.72. The van der Waals surface area contributed by atoms with Gasteiger partial charge in [-0.2, -0.15) is 13.2 Å². The van der Waals surface area contributed by atoms with Gasteiger partial charge in [-0.05, 0) is 25.6 Å². The molecule has 1 unspecified atom stereocenters. The van der Waals surface area contributed by atoms with Crippen LogP contribution in [0.25, 0.3) is 0 Å². The van der Waals surface area contributed by atoms with Gasteiger partial charge in [0.2, 0.25) is 0 Å². The van der Waals surface area contributed by atoms with Crippen LogP contribution in [-0.4, -0.2) is 19.6 Å².